The summed E-state index contributed by atoms with van der Waals surface area (Å²) in [5.41, 5.74) is 4.21. The molecule has 7 heteroatoms. The van der Waals surface area contributed by atoms with Crippen LogP contribution < -0.4 is 20.7 Å². The molecule has 1 atom stereocenters. The fourth-order valence-corrected chi connectivity index (χ4v) is 2.02. The minimum Gasteiger partial charge on any atom is -0.480 e. The molecule has 2 aromatic heterocycles. The molecule has 0 fully saturated rings. The number of hydrogen-bond donors (Lipinski definition) is 2. The van der Waals surface area contributed by atoms with Gasteiger partial charge in [0.15, 0.2) is 0 Å². The number of nitrogens with zero attached hydrogens (tertiary/aromatic N) is 2. The molecule has 0 aliphatic rings. The molecule has 0 bridgehead atoms. The molecule has 2 heterocycles. The van der Waals surface area contributed by atoms with Crippen LogP contribution in [-0.4, -0.2) is 24.2 Å². The van der Waals surface area contributed by atoms with Gasteiger partial charge in [-0.3, -0.25) is 5.84 Å². The van der Waals surface area contributed by atoms with Crippen LogP contribution in [0.1, 0.15) is 30.0 Å². The first-order valence-electron chi connectivity index (χ1n) is 6.22. The smallest absolute Gasteiger partial charge is 0.240 e. The Morgan fingerprint density at radius 1 is 1.40 bits per heavy atom. The molecule has 0 aromatic carbocycles. The predicted molar refractivity (Wildman–Crippen MR) is 72.4 cm³/mol. The predicted octanol–water partition coefficient (Wildman–Crippen LogP) is 1.20. The molecule has 1 unspecified atom stereocenters. The maximum atomic E-state index is 5.67. The van der Waals surface area contributed by atoms with Crippen LogP contribution in [0.25, 0.3) is 0 Å². The van der Waals surface area contributed by atoms with Crippen LogP contribution in [0, 0.1) is 0 Å². The molecule has 7 nitrogen and oxygen atoms in total. The maximum Gasteiger partial charge on any atom is 0.240 e. The highest BCUT2D eigenvalue weighted by Crippen LogP contribution is 2.30. The van der Waals surface area contributed by atoms with Crippen molar-refractivity contribution in [2.45, 2.75) is 19.4 Å². The minimum atomic E-state index is -0.364. The van der Waals surface area contributed by atoms with Crippen molar-refractivity contribution in [1.29, 1.82) is 0 Å². The van der Waals surface area contributed by atoms with Crippen molar-refractivity contribution in [2.24, 2.45) is 5.84 Å². The Bertz CT molecular complexity index is 570. The minimum absolute atomic E-state index is 0.357. The molecule has 2 aromatic rings. The average molecular weight is 278 g/mol. The largest absolute Gasteiger partial charge is 0.480 e. The third kappa shape index (κ3) is 2.59. The molecule has 2 rings (SSSR count). The molecule has 0 radical (unpaired) electrons. The zero-order valence-corrected chi connectivity index (χ0v) is 11.7. The number of ether oxygens (including phenoxy) is 2. The second-order valence-corrected chi connectivity index (χ2v) is 4.06. The van der Waals surface area contributed by atoms with Gasteiger partial charge < -0.3 is 13.9 Å². The summed E-state index contributed by atoms with van der Waals surface area (Å²) in [4.78, 5) is 8.54. The summed E-state index contributed by atoms with van der Waals surface area (Å²) in [5, 5.41) is 0. The van der Waals surface area contributed by atoms with Crippen LogP contribution in [0.4, 0.5) is 0 Å². The number of hydrogen-bond acceptors (Lipinski definition) is 7. The van der Waals surface area contributed by atoms with Crippen molar-refractivity contribution < 1.29 is 13.9 Å². The van der Waals surface area contributed by atoms with Gasteiger partial charge in [-0.1, -0.05) is 6.92 Å². The molecule has 0 aliphatic carbocycles. The summed E-state index contributed by atoms with van der Waals surface area (Å²) in [5.74, 6) is 7.24. The van der Waals surface area contributed by atoms with Crippen molar-refractivity contribution in [2.75, 3.05) is 14.2 Å². The van der Waals surface area contributed by atoms with E-state index < -0.39 is 0 Å². The van der Waals surface area contributed by atoms with E-state index in [1.807, 2.05) is 13.0 Å². The van der Waals surface area contributed by atoms with Gasteiger partial charge in [0, 0.05) is 12.0 Å². The van der Waals surface area contributed by atoms with E-state index in [-0.39, 0.29) is 6.04 Å². The normalized spacial score (nSPS) is 12.2. The fraction of sp³-hybridized carbons (Fsp3) is 0.385. The summed E-state index contributed by atoms with van der Waals surface area (Å²) >= 11 is 0. The maximum absolute atomic E-state index is 5.67. The summed E-state index contributed by atoms with van der Waals surface area (Å²) in [6.45, 7) is 2.01. The van der Waals surface area contributed by atoms with Crippen LogP contribution >= 0.6 is 0 Å². The number of rotatable bonds is 6. The van der Waals surface area contributed by atoms with Gasteiger partial charge in [-0.25, -0.2) is 10.4 Å². The zero-order chi connectivity index (χ0) is 14.5. The number of aromatic nitrogens is 2. The van der Waals surface area contributed by atoms with E-state index in [1.54, 1.807) is 6.26 Å². The summed E-state index contributed by atoms with van der Waals surface area (Å²) in [6.07, 6.45) is 3.91. The van der Waals surface area contributed by atoms with E-state index in [2.05, 4.69) is 15.4 Å². The van der Waals surface area contributed by atoms with Gasteiger partial charge in [-0.05, 0) is 6.07 Å². The van der Waals surface area contributed by atoms with E-state index in [0.29, 0.717) is 17.5 Å². The monoisotopic (exact) mass is 278 g/mol. The Morgan fingerprint density at radius 3 is 2.80 bits per heavy atom. The van der Waals surface area contributed by atoms with Crippen molar-refractivity contribution in [3.8, 4) is 11.8 Å². The number of methoxy groups -OCH3 is 2. The Morgan fingerprint density at radius 2 is 2.20 bits per heavy atom. The first-order valence-corrected chi connectivity index (χ1v) is 6.22. The molecular weight excluding hydrogens is 260 g/mol. The van der Waals surface area contributed by atoms with Crippen molar-refractivity contribution in [1.82, 2.24) is 15.4 Å². The quantitative estimate of drug-likeness (QED) is 0.605. The first-order chi connectivity index (χ1) is 9.74. The molecule has 3 N–H and O–H groups in total. The van der Waals surface area contributed by atoms with E-state index >= 15 is 0 Å². The second kappa shape index (κ2) is 6.36. The first kappa shape index (κ1) is 14.3. The third-order valence-corrected chi connectivity index (χ3v) is 3.00. The lowest BCUT2D eigenvalue weighted by atomic mass is 10.0. The Balaban J connectivity index is 2.46. The Hall–Kier alpha value is -2.12. The highest BCUT2D eigenvalue weighted by Gasteiger charge is 2.24. The summed E-state index contributed by atoms with van der Waals surface area (Å²) < 4.78 is 15.7. The summed E-state index contributed by atoms with van der Waals surface area (Å²) in [7, 11) is 3.05. The lowest BCUT2D eigenvalue weighted by Crippen LogP contribution is -2.30. The number of hydrazine groups is 1. The Kier molecular flexibility index (Phi) is 4.54. The van der Waals surface area contributed by atoms with E-state index in [1.165, 1.54) is 20.4 Å². The van der Waals surface area contributed by atoms with Gasteiger partial charge in [-0.15, -0.1) is 0 Å². The molecular formula is C13H18N4O3. The molecule has 0 aliphatic heterocycles. The van der Waals surface area contributed by atoms with Gasteiger partial charge in [-0.2, -0.15) is 4.98 Å². The number of nitrogens with two attached hydrogens (primary N) is 1. The van der Waals surface area contributed by atoms with Gasteiger partial charge >= 0.3 is 0 Å². The Labute approximate surface area is 117 Å². The second-order valence-electron chi connectivity index (χ2n) is 4.06. The van der Waals surface area contributed by atoms with Crippen LogP contribution in [-0.2, 0) is 6.42 Å². The van der Waals surface area contributed by atoms with Crippen LogP contribution in [0.5, 0.6) is 11.8 Å². The van der Waals surface area contributed by atoms with Crippen LogP contribution in [0.2, 0.25) is 0 Å². The van der Waals surface area contributed by atoms with E-state index in [0.717, 1.165) is 17.7 Å². The van der Waals surface area contributed by atoms with E-state index in [9.17, 15) is 0 Å². The van der Waals surface area contributed by atoms with Crippen molar-refractivity contribution >= 4 is 0 Å². The number of aryl methyl sites for hydroxylation is 1. The SMILES string of the molecule is CCc1occc1C(NN)c1ncc(OC)nc1OC. The fourth-order valence-electron chi connectivity index (χ4n) is 2.02. The van der Waals surface area contributed by atoms with Crippen molar-refractivity contribution in [3.63, 3.8) is 0 Å². The third-order valence-electron chi connectivity index (χ3n) is 3.00. The molecule has 0 amide bonds. The standard InChI is InChI=1S/C13H18N4O3/c1-4-9-8(5-6-20-9)11(17-14)12-13(19-3)16-10(18-2)7-15-12/h5-7,11,17H,4,14H2,1-3H3. The zero-order valence-electron chi connectivity index (χ0n) is 11.7. The molecule has 0 saturated carbocycles. The molecule has 108 valence electrons. The molecule has 20 heavy (non-hydrogen) atoms. The highest BCUT2D eigenvalue weighted by molar-refractivity contribution is 5.35. The highest BCUT2D eigenvalue weighted by atomic mass is 16.5. The van der Waals surface area contributed by atoms with Gasteiger partial charge in [0.25, 0.3) is 0 Å². The van der Waals surface area contributed by atoms with Gasteiger partial charge in [0.05, 0.1) is 32.7 Å². The van der Waals surface area contributed by atoms with Crippen molar-refractivity contribution in [3.05, 3.63) is 35.5 Å². The number of nitrogens with one attached hydrogen (secondary N) is 1. The van der Waals surface area contributed by atoms with Gasteiger partial charge in [0.2, 0.25) is 11.8 Å². The number of furan rings is 1. The molecule has 0 spiro atoms. The van der Waals surface area contributed by atoms with Gasteiger partial charge in [0.1, 0.15) is 11.5 Å². The topological polar surface area (TPSA) is 95.4 Å². The lowest BCUT2D eigenvalue weighted by Gasteiger charge is -2.17. The lowest BCUT2D eigenvalue weighted by molar-refractivity contribution is 0.352. The molecule has 0 saturated heterocycles. The average Bonchev–Trinajstić information content (AvgIpc) is 2.96. The summed E-state index contributed by atoms with van der Waals surface area (Å²) in [6, 6.07) is 1.49. The van der Waals surface area contributed by atoms with Crippen LogP contribution in [0.3, 0.4) is 0 Å². The van der Waals surface area contributed by atoms with E-state index in [4.69, 9.17) is 19.7 Å². The van der Waals surface area contributed by atoms with Crippen LogP contribution in [0.15, 0.2) is 22.9 Å².